The van der Waals surface area contributed by atoms with E-state index in [1.165, 1.54) is 0 Å². The lowest BCUT2D eigenvalue weighted by Crippen LogP contribution is -2.46. The number of carbonyl (C=O) groups excluding carboxylic acids is 1. The number of aromatic nitrogens is 2. The van der Waals surface area contributed by atoms with Crippen molar-refractivity contribution in [3.8, 4) is 11.4 Å². The lowest BCUT2D eigenvalue weighted by atomic mass is 10.0. The van der Waals surface area contributed by atoms with Crippen LogP contribution in [-0.2, 0) is 4.79 Å². The molecule has 1 amide bonds. The van der Waals surface area contributed by atoms with Crippen molar-refractivity contribution in [3.05, 3.63) is 36.2 Å². The zero-order valence-corrected chi connectivity index (χ0v) is 14.9. The molecule has 7 nitrogen and oxygen atoms in total. The van der Waals surface area contributed by atoms with E-state index in [9.17, 15) is 9.90 Å². The van der Waals surface area contributed by atoms with E-state index in [0.717, 1.165) is 31.5 Å². The summed E-state index contributed by atoms with van der Waals surface area (Å²) in [5, 5.41) is 14.4. The quantitative estimate of drug-likeness (QED) is 0.904. The fourth-order valence-corrected chi connectivity index (χ4v) is 4.07. The van der Waals surface area contributed by atoms with Gasteiger partial charge >= 0.3 is 0 Å². The Bertz CT molecular complexity index is 755. The zero-order chi connectivity index (χ0) is 18.1. The molecule has 26 heavy (non-hydrogen) atoms. The van der Waals surface area contributed by atoms with Gasteiger partial charge in [-0.05, 0) is 19.3 Å². The molecule has 0 spiro atoms. The molecule has 7 heteroatoms. The summed E-state index contributed by atoms with van der Waals surface area (Å²) in [5.74, 6) is 1.27. The van der Waals surface area contributed by atoms with Crippen molar-refractivity contribution in [1.82, 2.24) is 19.9 Å². The Morgan fingerprint density at radius 2 is 1.96 bits per heavy atom. The van der Waals surface area contributed by atoms with Gasteiger partial charge in [-0.2, -0.15) is 4.98 Å². The van der Waals surface area contributed by atoms with Crippen LogP contribution in [0.5, 0.6) is 0 Å². The summed E-state index contributed by atoms with van der Waals surface area (Å²) in [7, 11) is 0. The smallest absolute Gasteiger partial charge is 0.244 e. The van der Waals surface area contributed by atoms with E-state index >= 15 is 0 Å². The van der Waals surface area contributed by atoms with Crippen LogP contribution in [0.15, 0.2) is 34.9 Å². The molecule has 1 aromatic heterocycles. The third kappa shape index (κ3) is 3.37. The normalized spacial score (nSPS) is 24.9. The largest absolute Gasteiger partial charge is 0.392 e. The number of aliphatic hydroxyl groups is 1. The Morgan fingerprint density at radius 1 is 1.23 bits per heavy atom. The monoisotopic (exact) mass is 356 g/mol. The summed E-state index contributed by atoms with van der Waals surface area (Å²) in [6, 6.07) is 10.00. The second-order valence-electron chi connectivity index (χ2n) is 7.16. The summed E-state index contributed by atoms with van der Waals surface area (Å²) in [6.07, 6.45) is 2.02. The zero-order valence-electron chi connectivity index (χ0n) is 14.9. The van der Waals surface area contributed by atoms with E-state index in [1.54, 1.807) is 6.92 Å². The Kier molecular flexibility index (Phi) is 4.74. The molecule has 2 aliphatic heterocycles. The number of β-amino-alcohol motifs (C(OH)–C–C–N with tert-alkyl or cyclic N) is 1. The first-order chi connectivity index (χ1) is 12.6. The van der Waals surface area contributed by atoms with Crippen LogP contribution in [0.25, 0.3) is 11.4 Å². The maximum absolute atomic E-state index is 11.5. The van der Waals surface area contributed by atoms with Gasteiger partial charge in [0.2, 0.25) is 17.6 Å². The number of aliphatic hydroxyl groups excluding tert-OH is 1. The van der Waals surface area contributed by atoms with Gasteiger partial charge in [0.05, 0.1) is 12.1 Å². The van der Waals surface area contributed by atoms with Gasteiger partial charge in [-0.25, -0.2) is 0 Å². The summed E-state index contributed by atoms with van der Waals surface area (Å²) >= 11 is 0. The second kappa shape index (κ2) is 7.17. The van der Waals surface area contributed by atoms with Crippen LogP contribution >= 0.6 is 0 Å². The summed E-state index contributed by atoms with van der Waals surface area (Å²) in [6.45, 7) is 3.75. The fourth-order valence-electron chi connectivity index (χ4n) is 4.07. The molecule has 0 aliphatic carbocycles. The lowest BCUT2D eigenvalue weighted by molar-refractivity contribution is -0.130. The molecule has 0 bridgehead atoms. The van der Waals surface area contributed by atoms with Gasteiger partial charge in [0.15, 0.2) is 0 Å². The number of amides is 1. The third-order valence-electron chi connectivity index (χ3n) is 5.45. The van der Waals surface area contributed by atoms with Gasteiger partial charge in [0.25, 0.3) is 0 Å². The molecule has 3 heterocycles. The molecule has 2 aliphatic rings. The maximum atomic E-state index is 11.5. The minimum atomic E-state index is -0.391. The van der Waals surface area contributed by atoms with Crippen molar-refractivity contribution in [3.63, 3.8) is 0 Å². The number of hydrogen-bond donors (Lipinski definition) is 1. The van der Waals surface area contributed by atoms with Gasteiger partial charge in [-0.15, -0.1) is 0 Å². The van der Waals surface area contributed by atoms with E-state index in [4.69, 9.17) is 4.52 Å². The number of rotatable bonds is 3. The predicted octanol–water partition coefficient (Wildman–Crippen LogP) is 1.86. The van der Waals surface area contributed by atoms with Gasteiger partial charge < -0.3 is 14.5 Å². The number of carbonyl (C=O) groups is 1. The number of likely N-dealkylation sites (tertiary alicyclic amines) is 2. The highest BCUT2D eigenvalue weighted by Gasteiger charge is 2.40. The van der Waals surface area contributed by atoms with Crippen molar-refractivity contribution in [2.45, 2.75) is 44.4 Å². The van der Waals surface area contributed by atoms with Crippen molar-refractivity contribution in [1.29, 1.82) is 0 Å². The van der Waals surface area contributed by atoms with E-state index < -0.39 is 6.10 Å². The molecule has 1 aromatic carbocycles. The standard InChI is InChI=1S/C19H24N4O3/c1-13(24)22-9-7-15(8-10-22)23-12-16(25)11-17(23)19-20-18(21-26-19)14-5-3-2-4-6-14/h2-6,15-17,25H,7-12H2,1H3/t16-,17+/m1/s1. The molecule has 2 saturated heterocycles. The average molecular weight is 356 g/mol. The van der Waals surface area contributed by atoms with Crippen LogP contribution in [0, 0.1) is 0 Å². The minimum Gasteiger partial charge on any atom is -0.392 e. The number of hydrogen-bond acceptors (Lipinski definition) is 6. The first-order valence-electron chi connectivity index (χ1n) is 9.20. The molecule has 0 radical (unpaired) electrons. The van der Waals surface area contributed by atoms with Gasteiger partial charge in [0.1, 0.15) is 0 Å². The molecule has 2 aromatic rings. The van der Waals surface area contributed by atoms with E-state index in [1.807, 2.05) is 35.2 Å². The van der Waals surface area contributed by atoms with Crippen LogP contribution in [0.2, 0.25) is 0 Å². The van der Waals surface area contributed by atoms with Crippen molar-refractivity contribution in [2.75, 3.05) is 19.6 Å². The molecule has 1 N–H and O–H groups in total. The van der Waals surface area contributed by atoms with Gasteiger partial charge in [-0.1, -0.05) is 35.5 Å². The maximum Gasteiger partial charge on any atom is 0.244 e. The topological polar surface area (TPSA) is 82.7 Å². The van der Waals surface area contributed by atoms with E-state index in [2.05, 4.69) is 15.0 Å². The second-order valence-corrected chi connectivity index (χ2v) is 7.16. The van der Waals surface area contributed by atoms with E-state index in [-0.39, 0.29) is 11.9 Å². The Morgan fingerprint density at radius 3 is 2.65 bits per heavy atom. The van der Waals surface area contributed by atoms with Crippen LogP contribution in [0.3, 0.4) is 0 Å². The van der Waals surface area contributed by atoms with Crippen molar-refractivity contribution in [2.24, 2.45) is 0 Å². The first-order valence-corrected chi connectivity index (χ1v) is 9.20. The molecular weight excluding hydrogens is 332 g/mol. The fraction of sp³-hybridized carbons (Fsp3) is 0.526. The van der Waals surface area contributed by atoms with Crippen LogP contribution in [-0.4, -0.2) is 62.7 Å². The molecule has 138 valence electrons. The van der Waals surface area contributed by atoms with E-state index in [0.29, 0.717) is 30.7 Å². The van der Waals surface area contributed by atoms with Crippen LogP contribution in [0.1, 0.15) is 38.1 Å². The highest BCUT2D eigenvalue weighted by atomic mass is 16.5. The van der Waals surface area contributed by atoms with Crippen LogP contribution < -0.4 is 0 Å². The number of nitrogens with zero attached hydrogens (tertiary/aromatic N) is 4. The van der Waals surface area contributed by atoms with Crippen LogP contribution in [0.4, 0.5) is 0 Å². The predicted molar refractivity (Wildman–Crippen MR) is 95.1 cm³/mol. The molecule has 2 fully saturated rings. The third-order valence-corrected chi connectivity index (χ3v) is 5.45. The Balaban J connectivity index is 1.50. The highest BCUT2D eigenvalue weighted by Crippen LogP contribution is 2.36. The van der Waals surface area contributed by atoms with Crippen molar-refractivity contribution >= 4 is 5.91 Å². The number of benzene rings is 1. The SMILES string of the molecule is CC(=O)N1CCC(N2C[C@H](O)C[C@H]2c2nc(-c3ccccc3)no2)CC1. The van der Waals surface area contributed by atoms with Crippen molar-refractivity contribution < 1.29 is 14.4 Å². The summed E-state index contributed by atoms with van der Waals surface area (Å²) < 4.78 is 5.55. The van der Waals surface area contributed by atoms with Gasteiger partial charge in [0, 0.05) is 38.2 Å². The average Bonchev–Trinajstić information content (AvgIpc) is 3.29. The molecule has 0 saturated carbocycles. The van der Waals surface area contributed by atoms with Gasteiger partial charge in [-0.3, -0.25) is 9.69 Å². The highest BCUT2D eigenvalue weighted by molar-refractivity contribution is 5.73. The number of piperidine rings is 1. The lowest BCUT2D eigenvalue weighted by Gasteiger charge is -2.38. The summed E-state index contributed by atoms with van der Waals surface area (Å²) in [4.78, 5) is 20.3. The molecule has 4 rings (SSSR count). The summed E-state index contributed by atoms with van der Waals surface area (Å²) in [5.41, 5.74) is 0.919. The first kappa shape index (κ1) is 17.2. The molecule has 0 unspecified atom stereocenters. The Labute approximate surface area is 152 Å². The molecule has 2 atom stereocenters. The Hall–Kier alpha value is -2.25. The molecular formula is C19H24N4O3. The minimum absolute atomic E-state index is 0.0659.